The molecule has 3 aliphatic rings. The highest BCUT2D eigenvalue weighted by molar-refractivity contribution is 6.10. The molecular weight excluding hydrogens is 446 g/mol. The minimum Gasteiger partial charge on any atom is -0.379 e. The maximum atomic E-state index is 13.3. The Hall–Kier alpha value is -3.74. The first-order valence-corrected chi connectivity index (χ1v) is 11.9. The molecule has 5 rings (SSSR count). The molecule has 35 heavy (non-hydrogen) atoms. The Balaban J connectivity index is 1.42. The van der Waals surface area contributed by atoms with E-state index >= 15 is 0 Å². The van der Waals surface area contributed by atoms with Crippen molar-refractivity contribution in [1.29, 1.82) is 5.26 Å². The molecule has 0 saturated carbocycles. The van der Waals surface area contributed by atoms with Crippen LogP contribution in [0.5, 0.6) is 0 Å². The van der Waals surface area contributed by atoms with E-state index in [0.29, 0.717) is 5.69 Å². The number of rotatable bonds is 7. The molecule has 0 aromatic heterocycles. The van der Waals surface area contributed by atoms with Gasteiger partial charge in [-0.25, -0.2) is 0 Å². The third-order valence-corrected chi connectivity index (χ3v) is 7.00. The van der Waals surface area contributed by atoms with Crippen LogP contribution in [-0.4, -0.2) is 61.2 Å². The van der Waals surface area contributed by atoms with Gasteiger partial charge < -0.3 is 9.64 Å². The standard InChI is InChI=1S/C26H27N5O4/c27-18-19-17-24-25(30(26(19)32)20-7-9-21(10-8-20)31(33)34)22-5-1-2-6-23(22)29(24)12-4-3-11-28-13-15-35-16-14-28/h1-2,5-10,17,24-25H,3-4,11-16H2. The second-order valence-electron chi connectivity index (χ2n) is 8.99. The summed E-state index contributed by atoms with van der Waals surface area (Å²) in [5.41, 5.74) is 2.67. The molecule has 2 atom stereocenters. The first-order chi connectivity index (χ1) is 17.1. The number of nitriles is 1. The van der Waals surface area contributed by atoms with E-state index in [1.165, 1.54) is 12.1 Å². The molecule has 1 amide bonds. The summed E-state index contributed by atoms with van der Waals surface area (Å²) in [5, 5.41) is 20.9. The van der Waals surface area contributed by atoms with Gasteiger partial charge in [0.25, 0.3) is 11.6 Å². The number of ether oxygens (including phenoxy) is 1. The van der Waals surface area contributed by atoms with Crippen molar-refractivity contribution in [3.8, 4) is 6.07 Å². The number of nitrogens with zero attached hydrogens (tertiary/aromatic N) is 5. The second-order valence-corrected chi connectivity index (χ2v) is 8.99. The Morgan fingerprint density at radius 2 is 1.77 bits per heavy atom. The van der Waals surface area contributed by atoms with E-state index in [-0.39, 0.29) is 29.3 Å². The molecule has 1 saturated heterocycles. The molecule has 9 nitrogen and oxygen atoms in total. The average Bonchev–Trinajstić information content (AvgIpc) is 3.20. The molecule has 9 heteroatoms. The lowest BCUT2D eigenvalue weighted by Gasteiger charge is -2.38. The summed E-state index contributed by atoms with van der Waals surface area (Å²) < 4.78 is 5.43. The molecular formula is C26H27N5O4. The minimum absolute atomic E-state index is 0.0421. The molecule has 3 aliphatic heterocycles. The fourth-order valence-corrected chi connectivity index (χ4v) is 5.30. The Kier molecular flexibility index (Phi) is 6.49. The number of para-hydroxylation sites is 1. The van der Waals surface area contributed by atoms with E-state index in [0.717, 1.165) is 63.5 Å². The Morgan fingerprint density at radius 3 is 2.49 bits per heavy atom. The molecule has 2 aromatic rings. The molecule has 0 N–H and O–H groups in total. The van der Waals surface area contributed by atoms with Gasteiger partial charge in [0.05, 0.1) is 30.2 Å². The van der Waals surface area contributed by atoms with Gasteiger partial charge in [0.15, 0.2) is 0 Å². The van der Waals surface area contributed by atoms with Crippen molar-refractivity contribution < 1.29 is 14.5 Å². The lowest BCUT2D eigenvalue weighted by molar-refractivity contribution is -0.384. The molecule has 0 bridgehead atoms. The number of fused-ring (bicyclic) bond motifs is 3. The minimum atomic E-state index is -0.464. The molecule has 2 unspecified atom stereocenters. The number of unbranched alkanes of at least 4 members (excludes halogenated alkanes) is 1. The smallest absolute Gasteiger partial charge is 0.269 e. The predicted molar refractivity (Wildman–Crippen MR) is 131 cm³/mol. The zero-order valence-electron chi connectivity index (χ0n) is 19.4. The van der Waals surface area contributed by atoms with Gasteiger partial charge in [-0.05, 0) is 43.7 Å². The van der Waals surface area contributed by atoms with Crippen LogP contribution in [0.4, 0.5) is 17.1 Å². The molecule has 180 valence electrons. The zero-order chi connectivity index (χ0) is 24.4. The van der Waals surface area contributed by atoms with Crippen molar-refractivity contribution in [2.24, 2.45) is 0 Å². The summed E-state index contributed by atoms with van der Waals surface area (Å²) in [6.07, 6.45) is 3.82. The number of hydrogen-bond donors (Lipinski definition) is 0. The van der Waals surface area contributed by atoms with Crippen molar-refractivity contribution in [2.45, 2.75) is 24.9 Å². The van der Waals surface area contributed by atoms with Crippen LogP contribution in [0.25, 0.3) is 0 Å². The van der Waals surface area contributed by atoms with Crippen LogP contribution in [0.3, 0.4) is 0 Å². The SMILES string of the molecule is N#CC1=CC2C(c3ccccc3N2CCCCN2CCOCC2)N(c2ccc([N+](=O)[O-])cc2)C1=O. The van der Waals surface area contributed by atoms with Crippen LogP contribution in [0.1, 0.15) is 24.4 Å². The van der Waals surface area contributed by atoms with Crippen molar-refractivity contribution in [3.05, 3.63) is 75.9 Å². The topological polar surface area (TPSA) is 103 Å². The first-order valence-electron chi connectivity index (χ1n) is 11.9. The average molecular weight is 474 g/mol. The van der Waals surface area contributed by atoms with E-state index in [1.54, 1.807) is 23.1 Å². The maximum Gasteiger partial charge on any atom is 0.269 e. The predicted octanol–water partition coefficient (Wildman–Crippen LogP) is 3.43. The maximum absolute atomic E-state index is 13.3. The van der Waals surface area contributed by atoms with Crippen LogP contribution >= 0.6 is 0 Å². The molecule has 0 aliphatic carbocycles. The molecule has 0 spiro atoms. The van der Waals surface area contributed by atoms with E-state index in [4.69, 9.17) is 4.74 Å². The number of carbonyl (C=O) groups is 1. The summed E-state index contributed by atoms with van der Waals surface area (Å²) in [6.45, 7) is 5.35. The number of anilines is 2. The zero-order valence-corrected chi connectivity index (χ0v) is 19.4. The van der Waals surface area contributed by atoms with Gasteiger partial charge in [-0.3, -0.25) is 24.7 Å². The van der Waals surface area contributed by atoms with Gasteiger partial charge >= 0.3 is 0 Å². The Morgan fingerprint density at radius 1 is 1.06 bits per heavy atom. The molecule has 3 heterocycles. The first kappa shape index (κ1) is 23.0. The van der Waals surface area contributed by atoms with Crippen LogP contribution in [0.2, 0.25) is 0 Å². The van der Waals surface area contributed by atoms with E-state index in [2.05, 4.69) is 21.9 Å². The third-order valence-electron chi connectivity index (χ3n) is 7.00. The highest BCUT2D eigenvalue weighted by Crippen LogP contribution is 2.47. The number of morpholine rings is 1. The number of carbonyl (C=O) groups excluding carboxylic acids is 1. The van der Waals surface area contributed by atoms with Crippen molar-refractivity contribution in [1.82, 2.24) is 4.90 Å². The van der Waals surface area contributed by atoms with Crippen LogP contribution in [0.15, 0.2) is 60.2 Å². The lowest BCUT2D eigenvalue weighted by atomic mass is 9.93. The summed E-state index contributed by atoms with van der Waals surface area (Å²) in [7, 11) is 0. The van der Waals surface area contributed by atoms with Gasteiger partial charge in [0.2, 0.25) is 0 Å². The third kappa shape index (κ3) is 4.38. The number of non-ortho nitro benzene ring substituents is 1. The largest absolute Gasteiger partial charge is 0.379 e. The van der Waals surface area contributed by atoms with Gasteiger partial charge in [0.1, 0.15) is 11.6 Å². The van der Waals surface area contributed by atoms with Gasteiger partial charge in [-0.2, -0.15) is 5.26 Å². The van der Waals surface area contributed by atoms with Crippen LogP contribution in [0, 0.1) is 21.4 Å². The van der Waals surface area contributed by atoms with Crippen LogP contribution in [-0.2, 0) is 9.53 Å². The monoisotopic (exact) mass is 473 g/mol. The van der Waals surface area contributed by atoms with E-state index in [9.17, 15) is 20.2 Å². The van der Waals surface area contributed by atoms with Crippen molar-refractivity contribution >= 4 is 23.0 Å². The number of nitro benzene ring substituents is 1. The van der Waals surface area contributed by atoms with Crippen molar-refractivity contribution in [3.63, 3.8) is 0 Å². The summed E-state index contributed by atoms with van der Waals surface area (Å²) in [5.74, 6) is -0.383. The number of amides is 1. The van der Waals surface area contributed by atoms with Gasteiger partial charge in [0, 0.05) is 48.7 Å². The van der Waals surface area contributed by atoms with E-state index < -0.39 is 4.92 Å². The van der Waals surface area contributed by atoms with Gasteiger partial charge in [-0.15, -0.1) is 0 Å². The molecule has 1 fully saturated rings. The summed E-state index contributed by atoms with van der Waals surface area (Å²) in [4.78, 5) is 30.3. The summed E-state index contributed by atoms with van der Waals surface area (Å²) in [6, 6.07) is 15.6. The summed E-state index contributed by atoms with van der Waals surface area (Å²) >= 11 is 0. The fraction of sp³-hybridized carbons (Fsp3) is 0.385. The Labute approximate surface area is 203 Å². The molecule has 0 radical (unpaired) electrons. The number of hydrogen-bond acceptors (Lipinski definition) is 7. The van der Waals surface area contributed by atoms with E-state index in [1.807, 2.05) is 18.2 Å². The van der Waals surface area contributed by atoms with Crippen molar-refractivity contribution in [2.75, 3.05) is 49.2 Å². The fourth-order valence-electron chi connectivity index (χ4n) is 5.30. The van der Waals surface area contributed by atoms with Crippen LogP contribution < -0.4 is 9.80 Å². The normalized spacial score (nSPS) is 21.8. The number of nitro groups is 1. The van der Waals surface area contributed by atoms with Gasteiger partial charge in [-0.1, -0.05) is 18.2 Å². The second kappa shape index (κ2) is 9.86. The highest BCUT2D eigenvalue weighted by atomic mass is 16.6. The Bertz CT molecular complexity index is 1180. The molecule has 2 aromatic carbocycles. The highest BCUT2D eigenvalue weighted by Gasteiger charge is 2.46. The lowest BCUT2D eigenvalue weighted by Crippen LogP contribution is -2.48. The quantitative estimate of drug-likeness (QED) is 0.345. The number of benzene rings is 2.